The first-order chi connectivity index (χ1) is 4.38. The first kappa shape index (κ1) is 25.8. The zero-order chi connectivity index (χ0) is 6.27. The standard InChI is InChI=1S/C6H8NO2.CH3.U.V.W.Y/c8-4-3-9-5-1-2-7-6(4)5;;;;;/h5-6H,1-3H2;1H3;;;;/q2*-1;;;;. The summed E-state index contributed by atoms with van der Waals surface area (Å²) in [6, 6.07) is -0.0926. The van der Waals surface area contributed by atoms with Gasteiger partial charge in [-0.1, -0.05) is 0 Å². The Hall–Kier alpha value is 3.02. The molecular formula is C7H11NO2UVWY-2. The third-order valence-electron chi connectivity index (χ3n) is 1.86. The van der Waals surface area contributed by atoms with Gasteiger partial charge in [0.05, 0.1) is 0 Å². The summed E-state index contributed by atoms with van der Waals surface area (Å²) in [6.45, 7) is 1.10. The van der Waals surface area contributed by atoms with E-state index in [9.17, 15) is 4.79 Å². The first-order valence-electron chi connectivity index (χ1n) is 3.19. The quantitative estimate of drug-likeness (QED) is 0.347. The number of hydrogen-bond acceptors (Lipinski definition) is 2. The molecule has 2 rings (SSSR count). The van der Waals surface area contributed by atoms with Crippen LogP contribution in [0.3, 0.4) is 0 Å². The molecule has 2 unspecified atom stereocenters. The summed E-state index contributed by atoms with van der Waals surface area (Å²) in [5.74, 6) is 0.164. The topological polar surface area (TPSA) is 40.4 Å². The second-order valence-corrected chi connectivity index (χ2v) is 2.46. The Morgan fingerprint density at radius 2 is 2.00 bits per heavy atom. The fourth-order valence-electron chi connectivity index (χ4n) is 1.37. The van der Waals surface area contributed by atoms with Gasteiger partial charge in [0.1, 0.15) is 12.4 Å². The van der Waals surface area contributed by atoms with Crippen molar-refractivity contribution in [1.82, 2.24) is 0 Å². The molecule has 2 radical (unpaired) electrons. The van der Waals surface area contributed by atoms with Crippen LogP contribution in [0.5, 0.6) is 0 Å². The smallest absolute Gasteiger partial charge is 0.143 e. The molecule has 2 atom stereocenters. The van der Waals surface area contributed by atoms with Gasteiger partial charge in [0, 0.05) is 110 Å². The van der Waals surface area contributed by atoms with Crippen molar-refractivity contribution in [2.24, 2.45) is 0 Å². The van der Waals surface area contributed by atoms with Crippen molar-refractivity contribution in [3.8, 4) is 0 Å². The van der Waals surface area contributed by atoms with Gasteiger partial charge in [-0.05, 0) is 12.5 Å². The van der Waals surface area contributed by atoms with E-state index in [1.54, 1.807) is 0 Å². The Morgan fingerprint density at radius 3 is 2.50 bits per heavy atom. The van der Waals surface area contributed by atoms with E-state index < -0.39 is 0 Å². The molecule has 0 amide bonds. The second-order valence-electron chi connectivity index (χ2n) is 2.46. The number of hydrogen-bond donors (Lipinski definition) is 0. The number of ketones is 1. The number of nitrogens with zero attached hydrogens (tertiary/aromatic N) is 1. The molecule has 0 spiro atoms. The van der Waals surface area contributed by atoms with Crippen molar-refractivity contribution in [3.63, 3.8) is 0 Å². The van der Waals surface area contributed by atoms with E-state index in [0.717, 1.165) is 13.0 Å². The summed E-state index contributed by atoms with van der Waals surface area (Å²) in [4.78, 5) is 10.8. The van der Waals surface area contributed by atoms with Crippen LogP contribution < -0.4 is 0 Å². The monoisotopic (exact) mass is 703 g/mol. The van der Waals surface area contributed by atoms with Gasteiger partial charge in [-0.25, -0.2) is 0 Å². The summed E-state index contributed by atoms with van der Waals surface area (Å²) in [5, 5.41) is 4.10. The minimum Gasteiger partial charge on any atom is -0.651 e. The zero-order valence-electron chi connectivity index (χ0n) is 7.97. The van der Waals surface area contributed by atoms with E-state index in [2.05, 4.69) is 5.32 Å². The summed E-state index contributed by atoms with van der Waals surface area (Å²) < 4.78 is 5.15. The van der Waals surface area contributed by atoms with E-state index in [0.29, 0.717) is 6.61 Å². The molecule has 14 heavy (non-hydrogen) atoms. The Morgan fingerprint density at radius 1 is 1.43 bits per heavy atom. The van der Waals surface area contributed by atoms with Crippen LogP contribution >= 0.6 is 0 Å². The average Bonchev–Trinajstić information content (AvgIpc) is 2.35. The van der Waals surface area contributed by atoms with Crippen molar-refractivity contribution in [2.45, 2.75) is 18.6 Å². The van der Waals surface area contributed by atoms with E-state index in [-0.39, 0.29) is 129 Å². The minimum absolute atomic E-state index is 0. The molecule has 2 aliphatic heterocycles. The summed E-state index contributed by atoms with van der Waals surface area (Å²) in [6.07, 6.45) is 1.08. The molecule has 3 nitrogen and oxygen atoms in total. The average molecular weight is 703 g/mol. The van der Waals surface area contributed by atoms with Crippen molar-refractivity contribution < 1.29 is 113 Å². The van der Waals surface area contributed by atoms with E-state index >= 15 is 0 Å². The van der Waals surface area contributed by atoms with Crippen LogP contribution in [-0.4, -0.2) is 31.1 Å². The number of fused-ring (bicyclic) bond motifs is 1. The molecule has 0 bridgehead atoms. The molecular weight excluding hydrogens is 692 g/mol. The number of carbonyl (C=O) groups excluding carboxylic acids is 1. The van der Waals surface area contributed by atoms with Crippen LogP contribution in [0.25, 0.3) is 5.32 Å². The fraction of sp³-hybridized carbons (Fsp3) is 0.714. The third kappa shape index (κ3) is 6.09. The summed E-state index contributed by atoms with van der Waals surface area (Å²) >= 11 is 0. The largest absolute Gasteiger partial charge is 0.651 e. The van der Waals surface area contributed by atoms with Gasteiger partial charge in [-0.3, -0.25) is 4.79 Å². The van der Waals surface area contributed by atoms with Gasteiger partial charge >= 0.3 is 0 Å². The molecule has 0 aromatic carbocycles. The number of carbonyl (C=O) groups is 1. The molecule has 7 heteroatoms. The Balaban J connectivity index is -0.0000001000. The molecule has 0 aliphatic carbocycles. The maximum Gasteiger partial charge on any atom is 0.143 e. The van der Waals surface area contributed by atoms with Crippen molar-refractivity contribution >= 4 is 5.78 Å². The van der Waals surface area contributed by atoms with Crippen LogP contribution in [0.15, 0.2) is 0 Å². The van der Waals surface area contributed by atoms with Crippen molar-refractivity contribution in [2.75, 3.05) is 13.2 Å². The van der Waals surface area contributed by atoms with Gasteiger partial charge in [0.2, 0.25) is 0 Å². The molecule has 2 saturated heterocycles. The predicted molar refractivity (Wildman–Crippen MR) is 37.8 cm³/mol. The van der Waals surface area contributed by atoms with Crippen LogP contribution in [0.4, 0.5) is 0 Å². The van der Waals surface area contributed by atoms with Crippen LogP contribution in [0.1, 0.15) is 6.42 Å². The summed E-state index contributed by atoms with van der Waals surface area (Å²) in [7, 11) is 0. The number of rotatable bonds is 0. The maximum atomic E-state index is 10.8. The van der Waals surface area contributed by atoms with E-state index in [4.69, 9.17) is 4.74 Å². The molecule has 0 aromatic heterocycles. The number of ether oxygens (including phenoxy) is 1. The molecule has 2 heterocycles. The van der Waals surface area contributed by atoms with E-state index in [1.807, 2.05) is 0 Å². The Bertz CT molecular complexity index is 167. The van der Waals surface area contributed by atoms with Crippen molar-refractivity contribution in [3.05, 3.63) is 12.7 Å². The van der Waals surface area contributed by atoms with Crippen LogP contribution in [0.2, 0.25) is 0 Å². The third-order valence-corrected chi connectivity index (χ3v) is 1.86. The van der Waals surface area contributed by atoms with Crippen LogP contribution in [0, 0.1) is 38.5 Å². The fourth-order valence-corrected chi connectivity index (χ4v) is 1.37. The van der Waals surface area contributed by atoms with Gasteiger partial charge in [0.15, 0.2) is 0 Å². The predicted octanol–water partition coefficient (Wildman–Crippen LogP) is 0.543. The Labute approximate surface area is 160 Å². The minimum atomic E-state index is -0.0926. The zero-order valence-corrected chi connectivity index (χ0v) is 19.3. The molecule has 76 valence electrons. The molecule has 2 aliphatic rings. The SMILES string of the molecule is O=C1COC2CC[N-]C12.[CH3-].[U].[V].[W].[Y]. The van der Waals surface area contributed by atoms with Gasteiger partial charge in [-0.2, -0.15) is 0 Å². The molecule has 0 saturated carbocycles. The first-order valence-corrected chi connectivity index (χ1v) is 3.19. The Kier molecular flexibility index (Phi) is 23.0. The second kappa shape index (κ2) is 12.5. The van der Waals surface area contributed by atoms with Gasteiger partial charge in [0.25, 0.3) is 0 Å². The van der Waals surface area contributed by atoms with E-state index in [1.165, 1.54) is 0 Å². The van der Waals surface area contributed by atoms with Gasteiger partial charge < -0.3 is 17.5 Å². The maximum absolute atomic E-state index is 10.8. The molecule has 0 N–H and O–H groups in total. The normalized spacial score (nSPS) is 26.7. The summed E-state index contributed by atoms with van der Waals surface area (Å²) in [5.41, 5.74) is 0. The molecule has 2 fully saturated rings. The number of Topliss-reactive ketones (excluding diaryl/α,β-unsaturated/α-hetero) is 1. The molecule has 0 aromatic rings. The van der Waals surface area contributed by atoms with Gasteiger partial charge in [-0.15, -0.1) is 6.54 Å². The van der Waals surface area contributed by atoms with Crippen LogP contribution in [-0.2, 0) is 81.9 Å². The van der Waals surface area contributed by atoms with Crippen molar-refractivity contribution in [1.29, 1.82) is 0 Å².